The van der Waals surface area contributed by atoms with Crippen molar-refractivity contribution >= 4 is 70.5 Å². The van der Waals surface area contributed by atoms with Gasteiger partial charge in [-0.25, -0.2) is 0 Å². The summed E-state index contributed by atoms with van der Waals surface area (Å²) in [7, 11) is 0. The minimum absolute atomic E-state index is 0.899. The molecule has 2 nitrogen and oxygen atoms in total. The second kappa shape index (κ2) is 12.2. The van der Waals surface area contributed by atoms with Gasteiger partial charge in [-0.15, -0.1) is 11.3 Å². The average Bonchev–Trinajstić information content (AvgIpc) is 3.78. The molecule has 2 aromatic heterocycles. The third-order valence-electron chi connectivity index (χ3n) is 9.85. The monoisotopic (exact) mass is 669 g/mol. The molecule has 0 aliphatic rings. The zero-order valence-corrected chi connectivity index (χ0v) is 28.5. The van der Waals surface area contributed by atoms with Crippen molar-refractivity contribution in [1.82, 2.24) is 0 Å². The summed E-state index contributed by atoms with van der Waals surface area (Å²) in [5, 5.41) is 4.78. The van der Waals surface area contributed by atoms with Gasteiger partial charge in [0, 0.05) is 47.9 Å². The molecule has 0 fully saturated rings. The van der Waals surface area contributed by atoms with Gasteiger partial charge < -0.3 is 9.32 Å². The normalized spacial score (nSPS) is 11.5. The molecule has 10 aromatic rings. The second-order valence-electron chi connectivity index (χ2n) is 12.9. The average molecular weight is 670 g/mol. The van der Waals surface area contributed by atoms with E-state index >= 15 is 0 Å². The molecule has 2 heterocycles. The van der Waals surface area contributed by atoms with Gasteiger partial charge in [0.15, 0.2) is 0 Å². The standard InChI is InChI=1S/C48H31NOS/c1-3-13-32(14-4-1)34-25-27-37(28-26-34)49(43-21-12-24-46-47(43)42-18-8-10-23-45(42)51-46)38-30-35(33-15-5-2-6-16-33)29-36(31-38)39-19-11-20-41-40-17-7-9-22-44(40)50-48(39)41/h1-31H. The van der Waals surface area contributed by atoms with Gasteiger partial charge in [-0.05, 0) is 82.4 Å². The number of anilines is 3. The van der Waals surface area contributed by atoms with Crippen LogP contribution in [0.1, 0.15) is 0 Å². The summed E-state index contributed by atoms with van der Waals surface area (Å²) < 4.78 is 9.15. The lowest BCUT2D eigenvalue weighted by atomic mass is 9.95. The van der Waals surface area contributed by atoms with Crippen LogP contribution in [0.5, 0.6) is 0 Å². The van der Waals surface area contributed by atoms with Gasteiger partial charge in [0.05, 0.1) is 5.69 Å². The highest BCUT2D eigenvalue weighted by Crippen LogP contribution is 2.47. The lowest BCUT2D eigenvalue weighted by molar-refractivity contribution is 0.670. The Morgan fingerprint density at radius 3 is 1.80 bits per heavy atom. The minimum Gasteiger partial charge on any atom is -0.455 e. The molecule has 0 aliphatic heterocycles. The van der Waals surface area contributed by atoms with Crippen LogP contribution in [0, 0.1) is 0 Å². The van der Waals surface area contributed by atoms with E-state index in [-0.39, 0.29) is 0 Å². The number of fused-ring (bicyclic) bond motifs is 6. The summed E-state index contributed by atoms with van der Waals surface area (Å²) in [5.41, 5.74) is 12.0. The second-order valence-corrected chi connectivity index (χ2v) is 14.0. The van der Waals surface area contributed by atoms with E-state index in [1.807, 2.05) is 17.4 Å². The Bertz CT molecular complexity index is 2850. The first-order valence-electron chi connectivity index (χ1n) is 17.3. The topological polar surface area (TPSA) is 16.4 Å². The van der Waals surface area contributed by atoms with Crippen LogP contribution in [0.2, 0.25) is 0 Å². The quantitative estimate of drug-likeness (QED) is 0.175. The van der Waals surface area contributed by atoms with E-state index in [1.54, 1.807) is 0 Å². The highest BCUT2D eigenvalue weighted by Gasteiger charge is 2.21. The van der Waals surface area contributed by atoms with Crippen LogP contribution < -0.4 is 4.90 Å². The Hall–Kier alpha value is -6.42. The van der Waals surface area contributed by atoms with Crippen molar-refractivity contribution in [3.05, 3.63) is 188 Å². The van der Waals surface area contributed by atoms with Crippen LogP contribution >= 0.6 is 11.3 Å². The van der Waals surface area contributed by atoms with E-state index in [0.29, 0.717) is 0 Å². The molecule has 0 aliphatic carbocycles. The number of nitrogens with zero attached hydrogens (tertiary/aromatic N) is 1. The van der Waals surface area contributed by atoms with Crippen molar-refractivity contribution in [3.8, 4) is 33.4 Å². The van der Waals surface area contributed by atoms with Gasteiger partial charge in [0.1, 0.15) is 11.2 Å². The Labute approximate surface area is 300 Å². The predicted molar refractivity (Wildman–Crippen MR) is 218 cm³/mol. The highest BCUT2D eigenvalue weighted by molar-refractivity contribution is 7.26. The molecule has 240 valence electrons. The lowest BCUT2D eigenvalue weighted by Gasteiger charge is -2.28. The molecular formula is C48H31NOS. The van der Waals surface area contributed by atoms with Crippen molar-refractivity contribution in [2.45, 2.75) is 0 Å². The number of benzene rings is 8. The molecule has 0 bridgehead atoms. The highest BCUT2D eigenvalue weighted by atomic mass is 32.1. The summed E-state index contributed by atoms with van der Waals surface area (Å²) in [4.78, 5) is 2.44. The number of hydrogen-bond acceptors (Lipinski definition) is 3. The number of thiophene rings is 1. The molecular weight excluding hydrogens is 639 g/mol. The number of hydrogen-bond donors (Lipinski definition) is 0. The van der Waals surface area contributed by atoms with E-state index in [2.05, 4.69) is 187 Å². The fourth-order valence-corrected chi connectivity index (χ4v) is 8.60. The van der Waals surface area contributed by atoms with Crippen LogP contribution in [-0.2, 0) is 0 Å². The molecule has 0 amide bonds. The fourth-order valence-electron chi connectivity index (χ4n) is 7.47. The van der Waals surface area contributed by atoms with E-state index < -0.39 is 0 Å². The van der Waals surface area contributed by atoms with Gasteiger partial charge in [-0.2, -0.15) is 0 Å². The van der Waals surface area contributed by atoms with Crippen molar-refractivity contribution in [3.63, 3.8) is 0 Å². The first kappa shape index (κ1) is 29.5. The molecule has 3 heteroatoms. The molecule has 0 radical (unpaired) electrons. The van der Waals surface area contributed by atoms with Crippen molar-refractivity contribution in [2.75, 3.05) is 4.90 Å². The third kappa shape index (κ3) is 5.10. The summed E-state index contributed by atoms with van der Waals surface area (Å²) in [6.45, 7) is 0. The van der Waals surface area contributed by atoms with E-state index in [4.69, 9.17) is 4.42 Å². The Morgan fingerprint density at radius 1 is 0.392 bits per heavy atom. The largest absolute Gasteiger partial charge is 0.455 e. The van der Waals surface area contributed by atoms with Crippen molar-refractivity contribution < 1.29 is 4.42 Å². The summed E-state index contributed by atoms with van der Waals surface area (Å²) in [6.07, 6.45) is 0. The van der Waals surface area contributed by atoms with E-state index in [0.717, 1.165) is 61.3 Å². The predicted octanol–water partition coefficient (Wildman–Crippen LogP) is 14.4. The Morgan fingerprint density at radius 2 is 1.00 bits per heavy atom. The molecule has 8 aromatic carbocycles. The van der Waals surface area contributed by atoms with Gasteiger partial charge >= 0.3 is 0 Å². The van der Waals surface area contributed by atoms with Crippen molar-refractivity contribution in [1.29, 1.82) is 0 Å². The Kier molecular flexibility index (Phi) is 7.04. The zero-order valence-electron chi connectivity index (χ0n) is 27.7. The zero-order chi connectivity index (χ0) is 33.7. The van der Waals surface area contributed by atoms with Gasteiger partial charge in [-0.3, -0.25) is 0 Å². The third-order valence-corrected chi connectivity index (χ3v) is 11.0. The maximum Gasteiger partial charge on any atom is 0.143 e. The van der Waals surface area contributed by atoms with Crippen LogP contribution in [0.3, 0.4) is 0 Å². The molecule has 0 N–H and O–H groups in total. The molecule has 0 spiro atoms. The molecule has 0 unspecified atom stereocenters. The summed E-state index contributed by atoms with van der Waals surface area (Å²) in [5.74, 6) is 0. The summed E-state index contributed by atoms with van der Waals surface area (Å²) in [6, 6.07) is 67.5. The van der Waals surface area contributed by atoms with Gasteiger partial charge in [0.25, 0.3) is 0 Å². The van der Waals surface area contributed by atoms with E-state index in [9.17, 15) is 0 Å². The fraction of sp³-hybridized carbons (Fsp3) is 0. The molecule has 51 heavy (non-hydrogen) atoms. The number of furan rings is 1. The van der Waals surface area contributed by atoms with Crippen LogP contribution in [0.4, 0.5) is 17.1 Å². The molecule has 0 atom stereocenters. The van der Waals surface area contributed by atoms with Gasteiger partial charge in [-0.1, -0.05) is 133 Å². The van der Waals surface area contributed by atoms with Crippen molar-refractivity contribution in [2.24, 2.45) is 0 Å². The smallest absolute Gasteiger partial charge is 0.143 e. The SMILES string of the molecule is c1ccc(-c2ccc(N(c3cc(-c4ccccc4)cc(-c4cccc5c4oc4ccccc45)c3)c3cccc4sc5ccccc5c34)cc2)cc1. The maximum absolute atomic E-state index is 6.59. The first-order chi connectivity index (χ1) is 25.3. The van der Waals surface area contributed by atoms with Crippen LogP contribution in [0.25, 0.3) is 75.5 Å². The van der Waals surface area contributed by atoms with Crippen LogP contribution in [-0.4, -0.2) is 0 Å². The molecule has 10 rings (SSSR count). The first-order valence-corrected chi connectivity index (χ1v) is 18.1. The van der Waals surface area contributed by atoms with Gasteiger partial charge in [0.2, 0.25) is 0 Å². The maximum atomic E-state index is 6.59. The summed E-state index contributed by atoms with van der Waals surface area (Å²) >= 11 is 1.85. The van der Waals surface area contributed by atoms with E-state index in [1.165, 1.54) is 31.3 Å². The molecule has 0 saturated heterocycles. The lowest BCUT2D eigenvalue weighted by Crippen LogP contribution is -2.10. The molecule has 0 saturated carbocycles. The number of para-hydroxylation sites is 2. The minimum atomic E-state index is 0.899. The Balaban J connectivity index is 1.25. The number of rotatable bonds is 6. The van der Waals surface area contributed by atoms with Crippen LogP contribution in [0.15, 0.2) is 192 Å².